The maximum absolute atomic E-state index is 9.44. The first-order chi connectivity index (χ1) is 12.1. The van der Waals surface area contributed by atoms with Gasteiger partial charge in [0.25, 0.3) is 0 Å². The summed E-state index contributed by atoms with van der Waals surface area (Å²) in [6, 6.07) is 15.0. The standard InChI is InChI=1S/C20H22N2O2S/c1-20(11-23,12-24)21-10-13-7-8-16-15(9-13)19-18(22(16)2)14-5-3-4-6-17(14)25-19/h3-9,21,23-24H,10-12H2,1-2H3. The molecule has 25 heavy (non-hydrogen) atoms. The van der Waals surface area contributed by atoms with E-state index in [1.807, 2.05) is 18.3 Å². The molecule has 0 fully saturated rings. The number of hydrogen-bond donors (Lipinski definition) is 3. The minimum Gasteiger partial charge on any atom is -0.394 e. The molecule has 3 N–H and O–H groups in total. The normalized spacial score (nSPS) is 12.6. The predicted molar refractivity (Wildman–Crippen MR) is 105 cm³/mol. The van der Waals surface area contributed by atoms with Crippen molar-refractivity contribution >= 4 is 42.5 Å². The van der Waals surface area contributed by atoms with Crippen molar-refractivity contribution < 1.29 is 10.2 Å². The summed E-state index contributed by atoms with van der Waals surface area (Å²) in [6.45, 7) is 2.22. The number of thiophene rings is 1. The van der Waals surface area contributed by atoms with Crippen LogP contribution in [0.15, 0.2) is 42.5 Å². The average molecular weight is 354 g/mol. The van der Waals surface area contributed by atoms with Crippen LogP contribution in [0.2, 0.25) is 0 Å². The van der Waals surface area contributed by atoms with Crippen molar-refractivity contribution in [3.63, 3.8) is 0 Å². The molecule has 2 aromatic heterocycles. The summed E-state index contributed by atoms with van der Waals surface area (Å²) in [5, 5.41) is 24.7. The van der Waals surface area contributed by atoms with Gasteiger partial charge in [-0.25, -0.2) is 0 Å². The van der Waals surface area contributed by atoms with Crippen molar-refractivity contribution in [1.29, 1.82) is 0 Å². The van der Waals surface area contributed by atoms with Crippen LogP contribution in [0.25, 0.3) is 31.2 Å². The number of aliphatic hydroxyl groups is 2. The van der Waals surface area contributed by atoms with Crippen LogP contribution in [0.4, 0.5) is 0 Å². The van der Waals surface area contributed by atoms with Gasteiger partial charge in [-0.1, -0.05) is 24.3 Å². The van der Waals surface area contributed by atoms with E-state index in [2.05, 4.69) is 59.4 Å². The number of rotatable bonds is 5. The van der Waals surface area contributed by atoms with Crippen molar-refractivity contribution in [2.75, 3.05) is 13.2 Å². The van der Waals surface area contributed by atoms with Gasteiger partial charge in [-0.2, -0.15) is 0 Å². The van der Waals surface area contributed by atoms with Crippen molar-refractivity contribution in [2.24, 2.45) is 7.05 Å². The molecule has 2 heterocycles. The topological polar surface area (TPSA) is 57.4 Å². The van der Waals surface area contributed by atoms with Crippen LogP contribution >= 0.6 is 11.3 Å². The molecule has 130 valence electrons. The second kappa shape index (κ2) is 6.11. The van der Waals surface area contributed by atoms with Gasteiger partial charge in [0, 0.05) is 34.6 Å². The zero-order valence-electron chi connectivity index (χ0n) is 14.4. The number of aliphatic hydroxyl groups excluding tert-OH is 2. The molecule has 5 heteroatoms. The highest BCUT2D eigenvalue weighted by Gasteiger charge is 2.21. The van der Waals surface area contributed by atoms with Crippen LogP contribution in [-0.2, 0) is 13.6 Å². The Kier molecular flexibility index (Phi) is 4.04. The van der Waals surface area contributed by atoms with Gasteiger partial charge in [0.05, 0.1) is 29.0 Å². The fourth-order valence-electron chi connectivity index (χ4n) is 3.31. The van der Waals surface area contributed by atoms with E-state index in [9.17, 15) is 10.2 Å². The Balaban J connectivity index is 1.81. The van der Waals surface area contributed by atoms with E-state index < -0.39 is 5.54 Å². The van der Waals surface area contributed by atoms with E-state index >= 15 is 0 Å². The van der Waals surface area contributed by atoms with E-state index in [0.29, 0.717) is 6.54 Å². The lowest BCUT2D eigenvalue weighted by Crippen LogP contribution is -2.48. The summed E-state index contributed by atoms with van der Waals surface area (Å²) in [5.74, 6) is 0. The third-order valence-corrected chi connectivity index (χ3v) is 6.18. The fourth-order valence-corrected chi connectivity index (χ4v) is 4.57. The molecule has 4 aromatic rings. The molecule has 0 aliphatic carbocycles. The summed E-state index contributed by atoms with van der Waals surface area (Å²) in [7, 11) is 2.12. The zero-order valence-corrected chi connectivity index (χ0v) is 15.2. The van der Waals surface area contributed by atoms with Crippen molar-refractivity contribution in [1.82, 2.24) is 9.88 Å². The Morgan fingerprint density at radius 3 is 2.60 bits per heavy atom. The number of nitrogens with one attached hydrogen (secondary N) is 1. The first kappa shape index (κ1) is 16.5. The SMILES string of the molecule is Cn1c2ccc(CNC(C)(CO)CO)cc2c2sc3ccccc3c21. The maximum atomic E-state index is 9.44. The lowest BCUT2D eigenvalue weighted by molar-refractivity contribution is 0.103. The largest absolute Gasteiger partial charge is 0.394 e. The van der Waals surface area contributed by atoms with Crippen LogP contribution in [-0.4, -0.2) is 33.5 Å². The minimum atomic E-state index is -0.668. The molecule has 4 nitrogen and oxygen atoms in total. The van der Waals surface area contributed by atoms with Gasteiger partial charge in [0.15, 0.2) is 0 Å². The monoisotopic (exact) mass is 354 g/mol. The van der Waals surface area contributed by atoms with Gasteiger partial charge in [-0.15, -0.1) is 11.3 Å². The number of hydrogen-bond acceptors (Lipinski definition) is 4. The molecule has 0 spiro atoms. The third kappa shape index (κ3) is 2.64. The zero-order chi connectivity index (χ0) is 17.6. The smallest absolute Gasteiger partial charge is 0.0678 e. The van der Waals surface area contributed by atoms with Crippen molar-refractivity contribution in [3.05, 3.63) is 48.0 Å². The van der Waals surface area contributed by atoms with Crippen LogP contribution < -0.4 is 5.32 Å². The summed E-state index contributed by atoms with van der Waals surface area (Å²) in [5.41, 5.74) is 2.99. The summed E-state index contributed by atoms with van der Waals surface area (Å²) in [6.07, 6.45) is 0. The Morgan fingerprint density at radius 1 is 1.08 bits per heavy atom. The van der Waals surface area contributed by atoms with E-state index in [1.165, 1.54) is 31.2 Å². The van der Waals surface area contributed by atoms with Crippen molar-refractivity contribution in [3.8, 4) is 0 Å². The molecule has 0 amide bonds. The molecule has 0 aliphatic heterocycles. The van der Waals surface area contributed by atoms with E-state index in [0.717, 1.165) is 5.56 Å². The maximum Gasteiger partial charge on any atom is 0.0678 e. The molecule has 0 bridgehead atoms. The highest BCUT2D eigenvalue weighted by Crippen LogP contribution is 2.40. The van der Waals surface area contributed by atoms with E-state index in [4.69, 9.17) is 0 Å². The molecule has 0 unspecified atom stereocenters. The molecule has 0 saturated heterocycles. The fraction of sp³-hybridized carbons (Fsp3) is 0.300. The van der Waals surface area contributed by atoms with Crippen LogP contribution in [0.3, 0.4) is 0 Å². The average Bonchev–Trinajstić information content (AvgIpc) is 3.16. The van der Waals surface area contributed by atoms with Gasteiger partial charge in [-0.3, -0.25) is 0 Å². The highest BCUT2D eigenvalue weighted by atomic mass is 32.1. The van der Waals surface area contributed by atoms with Gasteiger partial charge < -0.3 is 20.1 Å². The van der Waals surface area contributed by atoms with Gasteiger partial charge in [-0.05, 0) is 30.7 Å². The van der Waals surface area contributed by atoms with Crippen molar-refractivity contribution in [2.45, 2.75) is 19.0 Å². The van der Waals surface area contributed by atoms with Crippen LogP contribution in [0.5, 0.6) is 0 Å². The molecule has 0 radical (unpaired) electrons. The summed E-state index contributed by atoms with van der Waals surface area (Å²) in [4.78, 5) is 0. The Labute approximate surface area is 150 Å². The Hall–Kier alpha value is -1.92. The van der Waals surface area contributed by atoms with Gasteiger partial charge >= 0.3 is 0 Å². The number of fused-ring (bicyclic) bond motifs is 5. The summed E-state index contributed by atoms with van der Waals surface area (Å²) < 4.78 is 4.89. The predicted octanol–water partition coefficient (Wildman–Crippen LogP) is 3.38. The molecular formula is C20H22N2O2S. The number of aromatic nitrogens is 1. The van der Waals surface area contributed by atoms with Crippen LogP contribution in [0.1, 0.15) is 12.5 Å². The molecular weight excluding hydrogens is 332 g/mol. The lowest BCUT2D eigenvalue weighted by atomic mass is 10.0. The molecule has 0 atom stereocenters. The van der Waals surface area contributed by atoms with Gasteiger partial charge in [0.2, 0.25) is 0 Å². The summed E-state index contributed by atoms with van der Waals surface area (Å²) >= 11 is 1.83. The third-order valence-electron chi connectivity index (χ3n) is 4.99. The van der Waals surface area contributed by atoms with E-state index in [-0.39, 0.29) is 13.2 Å². The second-order valence-electron chi connectivity index (χ2n) is 6.92. The highest BCUT2D eigenvalue weighted by molar-refractivity contribution is 7.26. The lowest BCUT2D eigenvalue weighted by Gasteiger charge is -2.26. The van der Waals surface area contributed by atoms with E-state index in [1.54, 1.807) is 0 Å². The number of benzene rings is 2. The Morgan fingerprint density at radius 2 is 1.84 bits per heavy atom. The number of aryl methyl sites for hydroxylation is 1. The Bertz CT molecular complexity index is 1060. The molecule has 2 aromatic carbocycles. The number of nitrogens with zero attached hydrogens (tertiary/aromatic N) is 1. The minimum absolute atomic E-state index is 0.0996. The first-order valence-corrected chi connectivity index (χ1v) is 9.23. The quantitative estimate of drug-likeness (QED) is 0.515. The first-order valence-electron chi connectivity index (χ1n) is 8.41. The molecule has 4 rings (SSSR count). The second-order valence-corrected chi connectivity index (χ2v) is 7.97. The molecule has 0 aliphatic rings. The van der Waals surface area contributed by atoms with Crippen LogP contribution in [0, 0.1) is 0 Å². The molecule has 0 saturated carbocycles. The van der Waals surface area contributed by atoms with Gasteiger partial charge in [0.1, 0.15) is 0 Å².